The standard InChI is InChI=1S/C53H46F6N4O11/c1-31-6-19-42(64)60(31)25-4-2-3-5-45(67)73-27-23-32-7-13-36(14-8-32)62-47(69)38-17-11-34(29-40(38)49(62)71)51(52(54,55)56,53(57,58)59)35-12-18-39-41(30-35)50(72)63(48(39)70)37-15-9-33(10-16-37)24-28-74-46(68)22-26-61-43(65)20-21-44(61)66/h6-21,29-30,46,49,68,71H,1-5,22-28H2. The molecule has 0 saturated heterocycles. The number of hydrogen-bond donors (Lipinski definition) is 2. The molecule has 21 heteroatoms. The van der Waals surface area contributed by atoms with Crippen LogP contribution in [0.25, 0.3) is 0 Å². The number of fused-ring (bicyclic) bond motifs is 2. The van der Waals surface area contributed by atoms with Crippen LogP contribution in [0.2, 0.25) is 0 Å². The van der Waals surface area contributed by atoms with Gasteiger partial charge in [-0.2, -0.15) is 26.3 Å². The number of aliphatic hydroxyl groups excluding tert-OH is 2. The van der Waals surface area contributed by atoms with E-state index in [9.17, 15) is 43.8 Å². The number of carbonyl (C=O) groups excluding carboxylic acids is 7. The van der Waals surface area contributed by atoms with E-state index < -0.39 is 93.6 Å². The maximum atomic E-state index is 15.5. The lowest BCUT2D eigenvalue weighted by Crippen LogP contribution is -2.55. The lowest BCUT2D eigenvalue weighted by molar-refractivity contribution is -0.288. The van der Waals surface area contributed by atoms with Crippen LogP contribution in [0.4, 0.5) is 37.7 Å². The third kappa shape index (κ3) is 10.1. The molecule has 386 valence electrons. The van der Waals surface area contributed by atoms with Gasteiger partial charge < -0.3 is 24.6 Å². The first-order valence-electron chi connectivity index (χ1n) is 23.3. The van der Waals surface area contributed by atoms with Gasteiger partial charge in [0.2, 0.25) is 5.41 Å². The van der Waals surface area contributed by atoms with Crippen molar-refractivity contribution in [3.63, 3.8) is 0 Å². The van der Waals surface area contributed by atoms with Crippen LogP contribution < -0.4 is 9.80 Å². The molecule has 4 aromatic rings. The molecule has 2 N–H and O–H groups in total. The third-order valence-corrected chi connectivity index (χ3v) is 13.2. The summed E-state index contributed by atoms with van der Waals surface area (Å²) in [5.41, 5.74) is -8.00. The van der Waals surface area contributed by atoms with Crippen molar-refractivity contribution in [2.75, 3.05) is 36.1 Å². The highest BCUT2D eigenvalue weighted by atomic mass is 19.4. The molecular weight excluding hydrogens is 983 g/mol. The van der Waals surface area contributed by atoms with Gasteiger partial charge in [-0.25, -0.2) is 4.90 Å². The number of halogens is 6. The number of alkyl halides is 6. The minimum atomic E-state index is -6.15. The second-order valence-electron chi connectivity index (χ2n) is 17.8. The van der Waals surface area contributed by atoms with Crippen molar-refractivity contribution in [1.29, 1.82) is 0 Å². The van der Waals surface area contributed by atoms with Crippen LogP contribution >= 0.6 is 0 Å². The highest BCUT2D eigenvalue weighted by Gasteiger charge is 2.73. The predicted octanol–water partition coefficient (Wildman–Crippen LogP) is 7.30. The van der Waals surface area contributed by atoms with Crippen LogP contribution in [-0.2, 0) is 46.9 Å². The molecule has 74 heavy (non-hydrogen) atoms. The lowest BCUT2D eigenvalue weighted by Gasteiger charge is -2.38. The number of anilines is 2. The fourth-order valence-corrected chi connectivity index (χ4v) is 9.27. The number of hydrogen-bond acceptors (Lipinski definition) is 11. The van der Waals surface area contributed by atoms with Crippen LogP contribution in [0.5, 0.6) is 0 Å². The summed E-state index contributed by atoms with van der Waals surface area (Å²) in [5.74, 6) is -4.73. The number of allylic oxidation sites excluding steroid dienone is 1. The lowest BCUT2D eigenvalue weighted by atomic mass is 9.71. The summed E-state index contributed by atoms with van der Waals surface area (Å²) in [6, 6.07) is 14.8. The molecule has 0 spiro atoms. The highest BCUT2D eigenvalue weighted by molar-refractivity contribution is 6.34. The molecular formula is C53H46F6N4O11. The molecule has 0 bridgehead atoms. The van der Waals surface area contributed by atoms with Gasteiger partial charge in [0.25, 0.3) is 35.4 Å². The van der Waals surface area contributed by atoms with Crippen LogP contribution in [0.3, 0.4) is 0 Å². The molecule has 0 aromatic heterocycles. The van der Waals surface area contributed by atoms with Crippen molar-refractivity contribution >= 4 is 52.8 Å². The normalized spacial score (nSPS) is 17.1. The van der Waals surface area contributed by atoms with E-state index in [1.165, 1.54) is 42.5 Å². The zero-order valence-electron chi connectivity index (χ0n) is 39.2. The van der Waals surface area contributed by atoms with E-state index in [2.05, 4.69) is 6.58 Å². The predicted molar refractivity (Wildman–Crippen MR) is 251 cm³/mol. The quantitative estimate of drug-likeness (QED) is 0.0297. The van der Waals surface area contributed by atoms with Crippen molar-refractivity contribution in [1.82, 2.24) is 9.80 Å². The monoisotopic (exact) mass is 1030 g/mol. The van der Waals surface area contributed by atoms with Crippen molar-refractivity contribution in [2.45, 2.75) is 75.2 Å². The Morgan fingerprint density at radius 2 is 1.18 bits per heavy atom. The fourth-order valence-electron chi connectivity index (χ4n) is 9.27. The van der Waals surface area contributed by atoms with E-state index in [1.807, 2.05) is 0 Å². The zero-order valence-corrected chi connectivity index (χ0v) is 39.2. The molecule has 0 aliphatic carbocycles. The summed E-state index contributed by atoms with van der Waals surface area (Å²) in [4.78, 5) is 92.4. The Kier molecular flexibility index (Phi) is 14.9. The molecule has 4 aromatic carbocycles. The summed E-state index contributed by atoms with van der Waals surface area (Å²) in [6.45, 7) is 4.19. The number of carbonyl (C=O) groups is 7. The number of esters is 1. The van der Waals surface area contributed by atoms with Crippen LogP contribution in [0.15, 0.2) is 122 Å². The van der Waals surface area contributed by atoms with E-state index in [-0.39, 0.29) is 68.3 Å². The summed E-state index contributed by atoms with van der Waals surface area (Å²) < 4.78 is 104. The first-order chi connectivity index (χ1) is 35.1. The Labute approximate surface area is 418 Å². The summed E-state index contributed by atoms with van der Waals surface area (Å²) in [6.07, 6.45) is -7.93. The number of unbranched alkanes of at least 4 members (excludes halogenated alkanes) is 2. The topological polar surface area (TPSA) is 191 Å². The number of ether oxygens (including phenoxy) is 2. The van der Waals surface area contributed by atoms with Crippen LogP contribution in [0.1, 0.15) is 97.2 Å². The van der Waals surface area contributed by atoms with Gasteiger partial charge in [-0.15, -0.1) is 0 Å². The van der Waals surface area contributed by atoms with Gasteiger partial charge in [-0.3, -0.25) is 43.4 Å². The van der Waals surface area contributed by atoms with Crippen molar-refractivity contribution in [3.05, 3.63) is 166 Å². The number of nitrogens with zero attached hydrogens (tertiary/aromatic N) is 4. The molecule has 4 heterocycles. The summed E-state index contributed by atoms with van der Waals surface area (Å²) >= 11 is 0. The molecule has 6 amide bonds. The second kappa shape index (κ2) is 21.0. The molecule has 0 saturated carbocycles. The number of benzene rings is 4. The van der Waals surface area contributed by atoms with Crippen LogP contribution in [-0.4, -0.2) is 106 Å². The molecule has 0 radical (unpaired) electrons. The summed E-state index contributed by atoms with van der Waals surface area (Å²) in [7, 11) is 0. The molecule has 0 fully saturated rings. The van der Waals surface area contributed by atoms with E-state index in [1.54, 1.807) is 23.1 Å². The van der Waals surface area contributed by atoms with Gasteiger partial charge in [0.15, 0.2) is 12.5 Å². The van der Waals surface area contributed by atoms with Gasteiger partial charge in [0.05, 0.1) is 30.0 Å². The number of amides is 6. The number of imide groups is 2. The molecule has 15 nitrogen and oxygen atoms in total. The maximum Gasteiger partial charge on any atom is 0.411 e. The first-order valence-corrected chi connectivity index (χ1v) is 23.3. The van der Waals surface area contributed by atoms with Crippen molar-refractivity contribution in [2.24, 2.45) is 0 Å². The van der Waals surface area contributed by atoms with Gasteiger partial charge in [0, 0.05) is 73.1 Å². The smallest absolute Gasteiger partial charge is 0.411 e. The Hall–Kier alpha value is -7.75. The zero-order chi connectivity index (χ0) is 53.3. The Balaban J connectivity index is 0.919. The third-order valence-electron chi connectivity index (χ3n) is 13.2. The number of aliphatic hydroxyl groups is 2. The van der Waals surface area contributed by atoms with E-state index in [0.29, 0.717) is 77.9 Å². The van der Waals surface area contributed by atoms with Gasteiger partial charge in [-0.1, -0.05) is 49.4 Å². The summed E-state index contributed by atoms with van der Waals surface area (Å²) in [5, 5.41) is 21.6. The maximum absolute atomic E-state index is 15.5. The molecule has 4 aliphatic rings. The highest BCUT2D eigenvalue weighted by Crippen LogP contribution is 2.57. The Morgan fingerprint density at radius 1 is 0.622 bits per heavy atom. The van der Waals surface area contributed by atoms with E-state index in [4.69, 9.17) is 9.47 Å². The Bertz CT molecular complexity index is 2940. The molecule has 4 aliphatic heterocycles. The Morgan fingerprint density at radius 3 is 1.78 bits per heavy atom. The SMILES string of the molecule is C=C1C=CC(=O)N1CCCCCC(=O)OCCc1ccc(N2C(=O)c3ccc(C(c4ccc5c(c4)C(=O)N(c4ccc(CCOC(O)CCN6C(=O)C=CC6=O)cc4)C5=O)(C(F)(F)F)C(F)(F)F)cc3C2O)cc1. The molecule has 2 unspecified atom stereocenters. The number of rotatable bonds is 20. The molecule has 8 rings (SSSR count). The largest absolute Gasteiger partial charge is 0.465 e. The van der Waals surface area contributed by atoms with Crippen LogP contribution in [0, 0.1) is 0 Å². The average molecular weight is 1030 g/mol. The fraction of sp³-hybridized carbons (Fsp3) is 0.302. The average Bonchev–Trinajstić information content (AvgIpc) is 4.02. The second-order valence-corrected chi connectivity index (χ2v) is 17.8. The van der Waals surface area contributed by atoms with E-state index in [0.717, 1.165) is 28.0 Å². The minimum absolute atomic E-state index is 0.00983. The van der Waals surface area contributed by atoms with Crippen molar-refractivity contribution in [3.8, 4) is 0 Å². The van der Waals surface area contributed by atoms with Crippen molar-refractivity contribution < 1.29 is 79.6 Å². The molecule has 2 atom stereocenters. The van der Waals surface area contributed by atoms with Gasteiger partial charge in [0.1, 0.15) is 0 Å². The van der Waals surface area contributed by atoms with Gasteiger partial charge >= 0.3 is 18.3 Å². The minimum Gasteiger partial charge on any atom is -0.465 e. The van der Waals surface area contributed by atoms with Gasteiger partial charge in [-0.05, 0) is 96.1 Å². The first kappa shape index (κ1) is 52.6. The van der Waals surface area contributed by atoms with E-state index >= 15 is 26.3 Å².